The van der Waals surface area contributed by atoms with Crippen molar-refractivity contribution in [2.24, 2.45) is 0 Å². The molecular formula is C9H8Cl2O. The van der Waals surface area contributed by atoms with Gasteiger partial charge in [-0.2, -0.15) is 0 Å². The van der Waals surface area contributed by atoms with Gasteiger partial charge in [-0.1, -0.05) is 23.7 Å². The average molecular weight is 203 g/mol. The van der Waals surface area contributed by atoms with E-state index < -0.39 is 5.38 Å². The summed E-state index contributed by atoms with van der Waals surface area (Å²) in [5, 5.41) is 0.214. The van der Waals surface area contributed by atoms with Crippen molar-refractivity contribution in [2.45, 2.75) is 11.8 Å². The van der Waals surface area contributed by atoms with Gasteiger partial charge in [0.25, 0.3) is 0 Å². The second-order valence-corrected chi connectivity index (χ2v) is 3.48. The standard InChI is InChI=1S/C9H8Cl2O/c10-8-3-1-2-7(4-8)5-9(11)6-12/h1-4,6,9H,5H2. The molecule has 0 aliphatic rings. The van der Waals surface area contributed by atoms with Gasteiger partial charge in [-0.25, -0.2) is 0 Å². The largest absolute Gasteiger partial charge is 0.302 e. The molecule has 12 heavy (non-hydrogen) atoms. The van der Waals surface area contributed by atoms with Gasteiger partial charge >= 0.3 is 0 Å². The molecule has 1 nitrogen and oxygen atoms in total. The lowest BCUT2D eigenvalue weighted by Gasteiger charge is -2.01. The third kappa shape index (κ3) is 2.84. The van der Waals surface area contributed by atoms with E-state index in [4.69, 9.17) is 23.2 Å². The van der Waals surface area contributed by atoms with Crippen molar-refractivity contribution in [1.29, 1.82) is 0 Å². The highest BCUT2D eigenvalue weighted by molar-refractivity contribution is 6.30. The van der Waals surface area contributed by atoms with E-state index in [-0.39, 0.29) is 0 Å². The minimum absolute atomic E-state index is 0.455. The molecule has 1 rings (SSSR count). The summed E-state index contributed by atoms with van der Waals surface area (Å²) in [4.78, 5) is 10.2. The van der Waals surface area contributed by atoms with Crippen LogP contribution in [0.4, 0.5) is 0 Å². The quantitative estimate of drug-likeness (QED) is 0.545. The van der Waals surface area contributed by atoms with Crippen LogP contribution in [0.1, 0.15) is 5.56 Å². The highest BCUT2D eigenvalue weighted by atomic mass is 35.5. The molecule has 1 aromatic carbocycles. The van der Waals surface area contributed by atoms with Crippen LogP contribution in [-0.2, 0) is 11.2 Å². The monoisotopic (exact) mass is 202 g/mol. The molecule has 0 aliphatic heterocycles. The van der Waals surface area contributed by atoms with Gasteiger partial charge in [-0.3, -0.25) is 0 Å². The Labute approximate surface area is 81.3 Å². The minimum Gasteiger partial charge on any atom is -0.302 e. The predicted octanol–water partition coefficient (Wildman–Crippen LogP) is 2.69. The number of carbonyl (C=O) groups is 1. The molecule has 0 radical (unpaired) electrons. The molecular weight excluding hydrogens is 195 g/mol. The minimum atomic E-state index is -0.455. The number of carbonyl (C=O) groups excluding carboxylic acids is 1. The zero-order valence-corrected chi connectivity index (χ0v) is 7.85. The second-order valence-electron chi connectivity index (χ2n) is 2.49. The first-order chi connectivity index (χ1) is 5.72. The van der Waals surface area contributed by atoms with Crippen molar-refractivity contribution in [1.82, 2.24) is 0 Å². The zero-order valence-electron chi connectivity index (χ0n) is 6.34. The molecule has 64 valence electrons. The third-order valence-corrected chi connectivity index (χ3v) is 1.96. The summed E-state index contributed by atoms with van der Waals surface area (Å²) in [6, 6.07) is 7.33. The summed E-state index contributed by atoms with van der Waals surface area (Å²) in [5.74, 6) is 0. The van der Waals surface area contributed by atoms with E-state index in [0.717, 1.165) is 11.8 Å². The summed E-state index contributed by atoms with van der Waals surface area (Å²) in [6.07, 6.45) is 1.26. The van der Waals surface area contributed by atoms with Crippen LogP contribution in [0.3, 0.4) is 0 Å². The van der Waals surface area contributed by atoms with Gasteiger partial charge in [0.05, 0.1) is 5.38 Å². The maximum atomic E-state index is 10.2. The molecule has 0 heterocycles. The Morgan fingerprint density at radius 3 is 2.83 bits per heavy atom. The van der Waals surface area contributed by atoms with E-state index in [9.17, 15) is 4.79 Å². The van der Waals surface area contributed by atoms with Crippen LogP contribution in [0.15, 0.2) is 24.3 Å². The molecule has 0 bridgehead atoms. The summed E-state index contributed by atoms with van der Waals surface area (Å²) < 4.78 is 0. The maximum absolute atomic E-state index is 10.2. The lowest BCUT2D eigenvalue weighted by atomic mass is 10.1. The topological polar surface area (TPSA) is 17.1 Å². The Morgan fingerprint density at radius 1 is 1.50 bits per heavy atom. The van der Waals surface area contributed by atoms with Crippen molar-refractivity contribution in [2.75, 3.05) is 0 Å². The van der Waals surface area contributed by atoms with Gasteiger partial charge in [0.2, 0.25) is 0 Å². The van der Waals surface area contributed by atoms with Crippen LogP contribution >= 0.6 is 23.2 Å². The van der Waals surface area contributed by atoms with E-state index in [0.29, 0.717) is 11.4 Å². The summed E-state index contributed by atoms with van der Waals surface area (Å²) in [5.41, 5.74) is 0.981. The Kier molecular flexibility index (Phi) is 3.57. The summed E-state index contributed by atoms with van der Waals surface area (Å²) in [6.45, 7) is 0. The Bertz CT molecular complexity index is 273. The van der Waals surface area contributed by atoms with Gasteiger partial charge in [-0.15, -0.1) is 11.6 Å². The average Bonchev–Trinajstić information content (AvgIpc) is 2.04. The molecule has 0 N–H and O–H groups in total. The van der Waals surface area contributed by atoms with Gasteiger partial charge < -0.3 is 4.79 Å². The zero-order chi connectivity index (χ0) is 8.97. The van der Waals surface area contributed by atoms with Gasteiger partial charge in [0.1, 0.15) is 6.29 Å². The number of halogens is 2. The Morgan fingerprint density at radius 2 is 2.25 bits per heavy atom. The van der Waals surface area contributed by atoms with Crippen LogP contribution < -0.4 is 0 Å². The van der Waals surface area contributed by atoms with Crippen molar-refractivity contribution < 1.29 is 4.79 Å². The number of rotatable bonds is 3. The fourth-order valence-corrected chi connectivity index (χ4v) is 1.33. The molecule has 0 aliphatic carbocycles. The van der Waals surface area contributed by atoms with Gasteiger partial charge in [-0.05, 0) is 24.1 Å². The van der Waals surface area contributed by atoms with E-state index >= 15 is 0 Å². The van der Waals surface area contributed by atoms with Gasteiger partial charge in [0.15, 0.2) is 0 Å². The highest BCUT2D eigenvalue weighted by Gasteiger charge is 2.03. The van der Waals surface area contributed by atoms with Crippen molar-refractivity contribution in [3.8, 4) is 0 Å². The fraction of sp³-hybridized carbons (Fsp3) is 0.222. The molecule has 0 saturated carbocycles. The SMILES string of the molecule is O=CC(Cl)Cc1cccc(Cl)c1. The summed E-state index contributed by atoms with van der Waals surface area (Å²) in [7, 11) is 0. The molecule has 1 aromatic rings. The fourth-order valence-electron chi connectivity index (χ4n) is 0.937. The lowest BCUT2D eigenvalue weighted by Crippen LogP contribution is -2.03. The first-order valence-corrected chi connectivity index (χ1v) is 4.37. The molecule has 0 amide bonds. The van der Waals surface area contributed by atoms with Crippen LogP contribution in [-0.4, -0.2) is 11.7 Å². The van der Waals surface area contributed by atoms with E-state index in [2.05, 4.69) is 0 Å². The summed E-state index contributed by atoms with van der Waals surface area (Å²) >= 11 is 11.4. The number of aldehydes is 1. The number of hydrogen-bond donors (Lipinski definition) is 0. The van der Waals surface area contributed by atoms with E-state index in [1.54, 1.807) is 12.1 Å². The number of benzene rings is 1. The Balaban J connectivity index is 2.69. The van der Waals surface area contributed by atoms with Crippen molar-refractivity contribution >= 4 is 29.5 Å². The van der Waals surface area contributed by atoms with Crippen molar-refractivity contribution in [3.05, 3.63) is 34.9 Å². The molecule has 3 heteroatoms. The number of alkyl halides is 1. The van der Waals surface area contributed by atoms with E-state index in [1.165, 1.54) is 0 Å². The number of hydrogen-bond acceptors (Lipinski definition) is 1. The lowest BCUT2D eigenvalue weighted by molar-refractivity contribution is -0.107. The van der Waals surface area contributed by atoms with E-state index in [1.807, 2.05) is 12.1 Å². The maximum Gasteiger partial charge on any atom is 0.138 e. The molecule has 0 aromatic heterocycles. The molecule has 0 spiro atoms. The smallest absolute Gasteiger partial charge is 0.138 e. The normalized spacial score (nSPS) is 12.5. The molecule has 0 saturated heterocycles. The first-order valence-electron chi connectivity index (χ1n) is 3.56. The van der Waals surface area contributed by atoms with Crippen molar-refractivity contribution in [3.63, 3.8) is 0 Å². The second kappa shape index (κ2) is 4.48. The highest BCUT2D eigenvalue weighted by Crippen LogP contribution is 2.13. The Hall–Kier alpha value is -0.530. The first kappa shape index (κ1) is 9.56. The van der Waals surface area contributed by atoms with Gasteiger partial charge in [0, 0.05) is 5.02 Å². The molecule has 1 atom stereocenters. The van der Waals surface area contributed by atoms with Crippen LogP contribution in [0.25, 0.3) is 0 Å². The van der Waals surface area contributed by atoms with Crippen LogP contribution in [0.2, 0.25) is 5.02 Å². The van der Waals surface area contributed by atoms with Crippen LogP contribution in [0, 0.1) is 0 Å². The molecule has 0 fully saturated rings. The third-order valence-electron chi connectivity index (χ3n) is 1.47. The van der Waals surface area contributed by atoms with Crippen LogP contribution in [0.5, 0.6) is 0 Å². The predicted molar refractivity (Wildman–Crippen MR) is 50.9 cm³/mol. The molecule has 1 unspecified atom stereocenters.